The second kappa shape index (κ2) is 7.41. The Bertz CT molecular complexity index is 810. The fourth-order valence-electron chi connectivity index (χ4n) is 3.36. The van der Waals surface area contributed by atoms with Crippen LogP contribution in [0.3, 0.4) is 0 Å². The lowest BCUT2D eigenvalue weighted by Crippen LogP contribution is -2.44. The maximum atomic E-state index is 12.3. The van der Waals surface area contributed by atoms with Gasteiger partial charge in [-0.1, -0.05) is 6.07 Å². The van der Waals surface area contributed by atoms with Gasteiger partial charge in [0.1, 0.15) is 0 Å². The lowest BCUT2D eigenvalue weighted by molar-refractivity contribution is -0.122. The molecule has 136 valence electrons. The van der Waals surface area contributed by atoms with Crippen molar-refractivity contribution in [1.29, 1.82) is 0 Å². The molecule has 1 aliphatic heterocycles. The largest absolute Gasteiger partial charge is 0.419 e. The van der Waals surface area contributed by atoms with E-state index in [4.69, 9.17) is 9.15 Å². The second-order valence-electron chi connectivity index (χ2n) is 6.63. The van der Waals surface area contributed by atoms with Crippen LogP contribution in [0.1, 0.15) is 18.9 Å². The van der Waals surface area contributed by atoms with Gasteiger partial charge in [-0.25, -0.2) is 4.79 Å². The second-order valence-corrected chi connectivity index (χ2v) is 6.63. The van der Waals surface area contributed by atoms with Crippen LogP contribution in [0.2, 0.25) is 0 Å². The summed E-state index contributed by atoms with van der Waals surface area (Å²) in [6, 6.07) is 5.56. The number of hydrogen-bond acceptors (Lipinski definition) is 5. The molecule has 1 aromatic heterocycles. The number of carbonyl (C=O) groups excluding carboxylic acids is 1. The molecule has 3 rings (SSSR count). The molecular weight excluding hydrogens is 322 g/mol. The van der Waals surface area contributed by atoms with Crippen LogP contribution < -0.4 is 11.1 Å². The van der Waals surface area contributed by atoms with Crippen molar-refractivity contribution in [3.8, 4) is 0 Å². The topological polar surface area (TPSA) is 76.7 Å². The highest BCUT2D eigenvalue weighted by atomic mass is 16.5. The van der Waals surface area contributed by atoms with Crippen molar-refractivity contribution in [2.24, 2.45) is 0 Å². The van der Waals surface area contributed by atoms with Crippen LogP contribution in [0.15, 0.2) is 27.4 Å². The Hall–Kier alpha value is -2.12. The lowest BCUT2D eigenvalue weighted by atomic mass is 10.2. The zero-order valence-electron chi connectivity index (χ0n) is 14.9. The van der Waals surface area contributed by atoms with Gasteiger partial charge in [-0.2, -0.15) is 0 Å². The predicted octanol–water partition coefficient (Wildman–Crippen LogP) is 1.13. The first-order valence-electron chi connectivity index (χ1n) is 8.67. The fraction of sp³-hybridized carbons (Fsp3) is 0.556. The Morgan fingerprint density at radius 3 is 2.96 bits per heavy atom. The minimum atomic E-state index is -0.429. The SMILES string of the molecule is CCO[C@@H]1CN(C)C[C@H]1NC(=O)CCn1c(=O)oc2ccc(C)cc21. The molecule has 0 saturated carbocycles. The maximum absolute atomic E-state index is 12.3. The molecule has 7 nitrogen and oxygen atoms in total. The van der Waals surface area contributed by atoms with Crippen molar-refractivity contribution in [2.45, 2.75) is 39.0 Å². The molecule has 1 fully saturated rings. The minimum Gasteiger partial charge on any atom is -0.408 e. The number of rotatable bonds is 6. The summed E-state index contributed by atoms with van der Waals surface area (Å²) in [5.41, 5.74) is 2.32. The number of likely N-dealkylation sites (N-methyl/N-ethyl adjacent to an activating group) is 1. The summed E-state index contributed by atoms with van der Waals surface area (Å²) in [5.74, 6) is -0.514. The third-order valence-electron chi connectivity index (χ3n) is 4.56. The first-order valence-corrected chi connectivity index (χ1v) is 8.67. The van der Waals surface area contributed by atoms with E-state index in [-0.39, 0.29) is 24.5 Å². The van der Waals surface area contributed by atoms with Crippen molar-refractivity contribution in [2.75, 3.05) is 26.7 Å². The van der Waals surface area contributed by atoms with E-state index in [1.165, 1.54) is 4.57 Å². The summed E-state index contributed by atoms with van der Waals surface area (Å²) in [6.07, 6.45) is 0.237. The molecule has 0 spiro atoms. The maximum Gasteiger partial charge on any atom is 0.419 e. The summed E-state index contributed by atoms with van der Waals surface area (Å²) < 4.78 is 12.4. The van der Waals surface area contributed by atoms with Gasteiger partial charge in [-0.05, 0) is 38.6 Å². The third kappa shape index (κ3) is 3.93. The molecule has 1 amide bonds. The van der Waals surface area contributed by atoms with Crippen LogP contribution in [0, 0.1) is 6.92 Å². The van der Waals surface area contributed by atoms with Crippen LogP contribution in [-0.2, 0) is 16.1 Å². The van der Waals surface area contributed by atoms with Crippen LogP contribution in [0.4, 0.5) is 0 Å². The van der Waals surface area contributed by atoms with Gasteiger partial charge in [-0.15, -0.1) is 0 Å². The molecule has 1 aromatic carbocycles. The zero-order valence-corrected chi connectivity index (χ0v) is 14.9. The minimum absolute atomic E-state index is 0.0130. The number of aryl methyl sites for hydroxylation is 2. The van der Waals surface area contributed by atoms with Crippen LogP contribution in [0.25, 0.3) is 11.1 Å². The number of hydrogen-bond donors (Lipinski definition) is 1. The number of carbonyl (C=O) groups is 1. The van der Waals surface area contributed by atoms with E-state index >= 15 is 0 Å². The summed E-state index contributed by atoms with van der Waals surface area (Å²) in [6.45, 7) is 6.41. The van der Waals surface area contributed by atoms with Crippen LogP contribution >= 0.6 is 0 Å². The molecule has 2 atom stereocenters. The summed E-state index contributed by atoms with van der Waals surface area (Å²) in [4.78, 5) is 26.5. The number of likely N-dealkylation sites (tertiary alicyclic amines) is 1. The molecule has 0 bridgehead atoms. The molecule has 25 heavy (non-hydrogen) atoms. The van der Waals surface area contributed by atoms with Gasteiger partial charge in [-0.3, -0.25) is 9.36 Å². The predicted molar refractivity (Wildman–Crippen MR) is 94.7 cm³/mol. The number of nitrogens with zero attached hydrogens (tertiary/aromatic N) is 2. The number of benzene rings is 1. The van der Waals surface area contributed by atoms with E-state index in [0.717, 1.165) is 24.2 Å². The highest BCUT2D eigenvalue weighted by Gasteiger charge is 2.32. The number of oxazole rings is 1. The van der Waals surface area contributed by atoms with Crippen molar-refractivity contribution in [3.05, 3.63) is 34.3 Å². The highest BCUT2D eigenvalue weighted by Crippen LogP contribution is 2.15. The third-order valence-corrected chi connectivity index (χ3v) is 4.56. The number of aromatic nitrogens is 1. The Kier molecular flexibility index (Phi) is 5.24. The Labute approximate surface area is 146 Å². The average Bonchev–Trinajstić information content (AvgIpc) is 3.05. The van der Waals surface area contributed by atoms with Crippen molar-refractivity contribution in [3.63, 3.8) is 0 Å². The van der Waals surface area contributed by atoms with Gasteiger partial charge in [0.15, 0.2) is 5.58 Å². The summed E-state index contributed by atoms with van der Waals surface area (Å²) >= 11 is 0. The first-order chi connectivity index (χ1) is 12.0. The van der Waals surface area contributed by atoms with Crippen LogP contribution in [-0.4, -0.2) is 54.3 Å². The monoisotopic (exact) mass is 347 g/mol. The zero-order chi connectivity index (χ0) is 18.0. The molecule has 1 N–H and O–H groups in total. The summed E-state index contributed by atoms with van der Waals surface area (Å²) in [7, 11) is 2.01. The Morgan fingerprint density at radius 2 is 2.20 bits per heavy atom. The molecular formula is C18H25N3O4. The quantitative estimate of drug-likeness (QED) is 0.848. The normalized spacial score (nSPS) is 21.1. The molecule has 2 aromatic rings. The number of nitrogens with one attached hydrogen (secondary N) is 1. The first kappa shape index (κ1) is 17.7. The molecule has 7 heteroatoms. The smallest absolute Gasteiger partial charge is 0.408 e. The number of ether oxygens (including phenoxy) is 1. The van der Waals surface area contributed by atoms with E-state index < -0.39 is 5.76 Å². The van der Waals surface area contributed by atoms with E-state index in [9.17, 15) is 9.59 Å². The van der Waals surface area contributed by atoms with Crippen molar-refractivity contribution >= 4 is 17.0 Å². The van der Waals surface area contributed by atoms with Gasteiger partial charge < -0.3 is 19.4 Å². The molecule has 0 unspecified atom stereocenters. The van der Waals surface area contributed by atoms with E-state index in [1.807, 2.05) is 33.0 Å². The van der Waals surface area contributed by atoms with Gasteiger partial charge in [0.25, 0.3) is 0 Å². The van der Waals surface area contributed by atoms with Gasteiger partial charge in [0.2, 0.25) is 5.91 Å². The molecule has 2 heterocycles. The Balaban J connectivity index is 1.64. The van der Waals surface area contributed by atoms with Crippen molar-refractivity contribution in [1.82, 2.24) is 14.8 Å². The highest BCUT2D eigenvalue weighted by molar-refractivity contribution is 5.77. The fourth-order valence-corrected chi connectivity index (χ4v) is 3.36. The summed E-state index contributed by atoms with van der Waals surface area (Å²) in [5, 5.41) is 3.03. The van der Waals surface area contributed by atoms with Gasteiger partial charge in [0, 0.05) is 32.7 Å². The standard InChI is InChI=1S/C18H25N3O4/c1-4-24-16-11-20(3)10-13(16)19-17(22)7-8-21-14-9-12(2)5-6-15(14)25-18(21)23/h5-6,9,13,16H,4,7-8,10-11H2,1-3H3,(H,19,22)/t13-,16-/m1/s1. The Morgan fingerprint density at radius 1 is 1.40 bits per heavy atom. The van der Waals surface area contributed by atoms with Crippen LogP contribution in [0.5, 0.6) is 0 Å². The molecule has 1 aliphatic rings. The van der Waals surface area contributed by atoms with E-state index in [2.05, 4.69) is 10.2 Å². The lowest BCUT2D eigenvalue weighted by Gasteiger charge is -2.19. The molecule has 0 aliphatic carbocycles. The number of fused-ring (bicyclic) bond motifs is 1. The van der Waals surface area contributed by atoms with E-state index in [0.29, 0.717) is 18.7 Å². The van der Waals surface area contributed by atoms with Gasteiger partial charge in [0.05, 0.1) is 17.7 Å². The molecule has 1 saturated heterocycles. The average molecular weight is 347 g/mol. The number of amides is 1. The van der Waals surface area contributed by atoms with Gasteiger partial charge >= 0.3 is 5.76 Å². The van der Waals surface area contributed by atoms with Crippen molar-refractivity contribution < 1.29 is 13.9 Å². The molecule has 0 radical (unpaired) electrons. The van der Waals surface area contributed by atoms with E-state index in [1.54, 1.807) is 6.07 Å².